The first kappa shape index (κ1) is 31.2. The van der Waals surface area contributed by atoms with Crippen molar-refractivity contribution >= 4 is 23.5 Å². The standard InChI is InChI=1S/C34H40N2O5S/c1-5-8-10-25(7-3)34-35-31(24(4)41-34)19-21-40-32-17-11-26(12-18-33(37)38)29-22-36(23-30(29)32)42-28-15-13-27(14-16-28)39-20-9-6-2/h5,7-8,10-11,13-17H,1,6,9,12,18-23H2,2-4H3,(H,37,38)/b10-8-,25-7+. The molecule has 1 aliphatic heterocycles. The largest absolute Gasteiger partial charge is 0.494 e. The van der Waals surface area contributed by atoms with Gasteiger partial charge in [-0.15, -0.1) is 0 Å². The van der Waals surface area contributed by atoms with E-state index in [1.165, 1.54) is 0 Å². The molecule has 42 heavy (non-hydrogen) atoms. The van der Waals surface area contributed by atoms with E-state index in [0.717, 1.165) is 76.1 Å². The Labute approximate surface area is 253 Å². The Hall–Kier alpha value is -3.75. The van der Waals surface area contributed by atoms with Gasteiger partial charge in [0.25, 0.3) is 0 Å². The summed E-state index contributed by atoms with van der Waals surface area (Å²) < 4.78 is 20.3. The zero-order valence-corrected chi connectivity index (χ0v) is 25.5. The van der Waals surface area contributed by atoms with Crippen LogP contribution in [0.4, 0.5) is 0 Å². The van der Waals surface area contributed by atoms with Gasteiger partial charge < -0.3 is 19.0 Å². The first-order valence-electron chi connectivity index (χ1n) is 14.5. The van der Waals surface area contributed by atoms with Crippen molar-refractivity contribution in [2.75, 3.05) is 13.2 Å². The predicted molar refractivity (Wildman–Crippen MR) is 168 cm³/mol. The number of hydrogen-bond donors (Lipinski definition) is 1. The van der Waals surface area contributed by atoms with Crippen molar-refractivity contribution in [1.29, 1.82) is 0 Å². The van der Waals surface area contributed by atoms with Crippen molar-refractivity contribution in [1.82, 2.24) is 9.29 Å². The van der Waals surface area contributed by atoms with E-state index in [2.05, 4.69) is 29.9 Å². The molecule has 222 valence electrons. The third kappa shape index (κ3) is 8.39. The highest BCUT2D eigenvalue weighted by atomic mass is 32.2. The van der Waals surface area contributed by atoms with Gasteiger partial charge in [-0.2, -0.15) is 0 Å². The molecule has 8 heteroatoms. The Morgan fingerprint density at radius 1 is 1.12 bits per heavy atom. The third-order valence-corrected chi connectivity index (χ3v) is 8.05. The molecular weight excluding hydrogens is 548 g/mol. The monoisotopic (exact) mass is 588 g/mol. The molecule has 0 spiro atoms. The summed E-state index contributed by atoms with van der Waals surface area (Å²) in [5.41, 5.74) is 5.10. The lowest BCUT2D eigenvalue weighted by Crippen LogP contribution is -2.07. The summed E-state index contributed by atoms with van der Waals surface area (Å²) in [7, 11) is 0. The number of unbranched alkanes of at least 4 members (excludes halogenated alkanes) is 1. The zero-order chi connectivity index (χ0) is 29.9. The number of carboxylic acid groups (broad SMARTS) is 1. The zero-order valence-electron chi connectivity index (χ0n) is 24.7. The number of allylic oxidation sites excluding steroid dienone is 5. The van der Waals surface area contributed by atoms with E-state index >= 15 is 0 Å². The van der Waals surface area contributed by atoms with Crippen LogP contribution in [-0.4, -0.2) is 33.6 Å². The Kier molecular flexibility index (Phi) is 11.5. The third-order valence-electron chi connectivity index (χ3n) is 7.05. The molecule has 1 aliphatic rings. The Bertz CT molecular complexity index is 1420. The number of nitrogens with zero attached hydrogens (tertiary/aromatic N) is 2. The van der Waals surface area contributed by atoms with E-state index in [0.29, 0.717) is 31.9 Å². The maximum Gasteiger partial charge on any atom is 0.303 e. The molecule has 0 fully saturated rings. The van der Waals surface area contributed by atoms with Crippen LogP contribution >= 0.6 is 11.9 Å². The maximum atomic E-state index is 11.3. The van der Waals surface area contributed by atoms with Gasteiger partial charge in [0.05, 0.1) is 18.9 Å². The van der Waals surface area contributed by atoms with Gasteiger partial charge in [-0.1, -0.05) is 44.2 Å². The highest BCUT2D eigenvalue weighted by Crippen LogP contribution is 2.39. The molecule has 0 bridgehead atoms. The van der Waals surface area contributed by atoms with Gasteiger partial charge in [-0.25, -0.2) is 9.29 Å². The van der Waals surface area contributed by atoms with E-state index in [-0.39, 0.29) is 6.42 Å². The van der Waals surface area contributed by atoms with Crippen LogP contribution in [0.5, 0.6) is 11.5 Å². The van der Waals surface area contributed by atoms with E-state index in [9.17, 15) is 9.90 Å². The number of aliphatic carboxylic acids is 1. The highest BCUT2D eigenvalue weighted by Gasteiger charge is 2.26. The molecule has 3 aromatic rings. The second-order valence-electron chi connectivity index (χ2n) is 10.1. The molecule has 0 saturated carbocycles. The van der Waals surface area contributed by atoms with Crippen LogP contribution in [0.1, 0.15) is 67.1 Å². The van der Waals surface area contributed by atoms with E-state index in [4.69, 9.17) is 18.9 Å². The van der Waals surface area contributed by atoms with Gasteiger partial charge in [0, 0.05) is 42.0 Å². The smallest absolute Gasteiger partial charge is 0.303 e. The number of hydrogen-bond acceptors (Lipinski definition) is 7. The molecule has 1 aromatic heterocycles. The SMILES string of the molecule is C=C/C=C\C(=C/C)c1nc(CCOc2ccc(CCC(=O)O)c3c2CN(Sc2ccc(OCCCC)cc2)C3)c(C)o1. The highest BCUT2D eigenvalue weighted by molar-refractivity contribution is 7.97. The molecule has 4 rings (SSSR count). The van der Waals surface area contributed by atoms with Gasteiger partial charge >= 0.3 is 5.97 Å². The molecule has 0 radical (unpaired) electrons. The molecule has 1 N–H and O–H groups in total. The molecule has 0 aliphatic carbocycles. The minimum atomic E-state index is -0.794. The van der Waals surface area contributed by atoms with Crippen LogP contribution in [0.25, 0.3) is 5.57 Å². The van der Waals surface area contributed by atoms with Crippen LogP contribution in [0, 0.1) is 6.92 Å². The van der Waals surface area contributed by atoms with Gasteiger partial charge in [0.1, 0.15) is 17.3 Å². The van der Waals surface area contributed by atoms with Gasteiger partial charge in [-0.05, 0) is 86.2 Å². The minimum Gasteiger partial charge on any atom is -0.494 e. The van der Waals surface area contributed by atoms with Crippen molar-refractivity contribution in [3.8, 4) is 11.5 Å². The summed E-state index contributed by atoms with van der Waals surface area (Å²) in [6, 6.07) is 12.2. The molecule has 7 nitrogen and oxygen atoms in total. The van der Waals surface area contributed by atoms with Crippen molar-refractivity contribution in [2.45, 2.75) is 70.9 Å². The van der Waals surface area contributed by atoms with E-state index in [1.807, 2.05) is 56.3 Å². The van der Waals surface area contributed by atoms with Gasteiger partial charge in [-0.3, -0.25) is 4.79 Å². The molecule has 0 unspecified atom stereocenters. The lowest BCUT2D eigenvalue weighted by atomic mass is 9.99. The molecular formula is C34H40N2O5S. The van der Waals surface area contributed by atoms with Crippen LogP contribution in [0.3, 0.4) is 0 Å². The number of benzene rings is 2. The number of aromatic nitrogens is 1. The fourth-order valence-corrected chi connectivity index (χ4v) is 5.70. The summed E-state index contributed by atoms with van der Waals surface area (Å²) in [5, 5.41) is 9.28. The fraction of sp³-hybridized carbons (Fsp3) is 0.353. The normalized spacial score (nSPS) is 13.5. The van der Waals surface area contributed by atoms with Gasteiger partial charge in [0.15, 0.2) is 0 Å². The van der Waals surface area contributed by atoms with E-state index in [1.54, 1.807) is 18.0 Å². The molecule has 0 amide bonds. The van der Waals surface area contributed by atoms with Gasteiger partial charge in [0.2, 0.25) is 5.89 Å². The number of fused-ring (bicyclic) bond motifs is 1. The second kappa shape index (κ2) is 15.5. The number of carbonyl (C=O) groups is 1. The summed E-state index contributed by atoms with van der Waals surface area (Å²) in [4.78, 5) is 17.1. The summed E-state index contributed by atoms with van der Waals surface area (Å²) in [6.45, 7) is 12.4. The lowest BCUT2D eigenvalue weighted by Gasteiger charge is -2.14. The quantitative estimate of drug-likeness (QED) is 0.102. The summed E-state index contributed by atoms with van der Waals surface area (Å²) >= 11 is 1.69. The average molecular weight is 589 g/mol. The van der Waals surface area contributed by atoms with Crippen LogP contribution in [0.2, 0.25) is 0 Å². The first-order chi connectivity index (χ1) is 20.4. The van der Waals surface area contributed by atoms with Crippen molar-refractivity contribution < 1.29 is 23.8 Å². The minimum absolute atomic E-state index is 0.100. The first-order valence-corrected chi connectivity index (χ1v) is 15.2. The number of rotatable bonds is 16. The maximum absolute atomic E-state index is 11.3. The number of ether oxygens (including phenoxy) is 2. The van der Waals surface area contributed by atoms with Crippen molar-refractivity contribution in [3.05, 3.63) is 101 Å². The topological polar surface area (TPSA) is 85.0 Å². The molecule has 0 saturated heterocycles. The second-order valence-corrected chi connectivity index (χ2v) is 11.3. The summed E-state index contributed by atoms with van der Waals surface area (Å²) in [6.07, 6.45) is 10.8. The van der Waals surface area contributed by atoms with E-state index < -0.39 is 5.97 Å². The van der Waals surface area contributed by atoms with Crippen molar-refractivity contribution in [2.24, 2.45) is 0 Å². The molecule has 0 atom stereocenters. The Morgan fingerprint density at radius 3 is 2.62 bits per heavy atom. The average Bonchev–Trinajstić information content (AvgIpc) is 3.57. The lowest BCUT2D eigenvalue weighted by molar-refractivity contribution is -0.136. The molecule has 2 heterocycles. The number of oxazole rings is 1. The predicted octanol–water partition coefficient (Wildman–Crippen LogP) is 7.97. The van der Waals surface area contributed by atoms with Crippen LogP contribution in [0.15, 0.2) is 76.6 Å². The fourth-order valence-electron chi connectivity index (χ4n) is 4.76. The van der Waals surface area contributed by atoms with Crippen molar-refractivity contribution in [3.63, 3.8) is 0 Å². The molecule has 2 aromatic carbocycles. The number of aryl methyl sites for hydroxylation is 2. The Morgan fingerprint density at radius 2 is 1.90 bits per heavy atom. The summed E-state index contributed by atoms with van der Waals surface area (Å²) in [5.74, 6) is 2.28. The van der Waals surface area contributed by atoms with Crippen LogP contribution in [-0.2, 0) is 30.7 Å². The Balaban J connectivity index is 1.44. The number of carboxylic acids is 1. The van der Waals surface area contributed by atoms with Crippen LogP contribution < -0.4 is 9.47 Å².